The lowest BCUT2D eigenvalue weighted by Crippen LogP contribution is -2.32. The molecule has 0 bridgehead atoms. The molecule has 0 saturated carbocycles. The Morgan fingerprint density at radius 2 is 2.05 bits per heavy atom. The number of hydrogen-bond acceptors (Lipinski definition) is 4. The normalized spacial score (nSPS) is 11.9. The monoisotopic (exact) mass is 301 g/mol. The summed E-state index contributed by atoms with van der Waals surface area (Å²) < 4.78 is 5.09. The maximum atomic E-state index is 11.9. The van der Waals surface area contributed by atoms with Crippen molar-refractivity contribution in [3.05, 3.63) is 29.3 Å². The van der Waals surface area contributed by atoms with Gasteiger partial charge in [-0.1, -0.05) is 18.5 Å². The lowest BCUT2D eigenvalue weighted by Gasteiger charge is -2.18. The lowest BCUT2D eigenvalue weighted by atomic mass is 10.2. The van der Waals surface area contributed by atoms with E-state index in [1.54, 1.807) is 12.1 Å². The van der Waals surface area contributed by atoms with Gasteiger partial charge in [0.2, 0.25) is 0 Å². The van der Waals surface area contributed by atoms with Gasteiger partial charge in [0.15, 0.2) is 0 Å². The molecular formula is C14H20ClNO2S. The van der Waals surface area contributed by atoms with E-state index in [2.05, 4.69) is 12.2 Å². The summed E-state index contributed by atoms with van der Waals surface area (Å²) in [5.41, 5.74) is 0.879. The Labute approximate surface area is 124 Å². The van der Waals surface area contributed by atoms with Crippen LogP contribution in [-0.2, 0) is 9.53 Å². The van der Waals surface area contributed by atoms with Gasteiger partial charge in [-0.15, -0.1) is 0 Å². The molecule has 1 N–H and O–H groups in total. The molecule has 0 aliphatic rings. The quantitative estimate of drug-likeness (QED) is 0.585. The number of hydrogen-bond donors (Lipinski definition) is 1. The first-order valence-corrected chi connectivity index (χ1v) is 7.97. The molecule has 0 radical (unpaired) electrons. The third kappa shape index (κ3) is 6.21. The molecular weight excluding hydrogens is 282 g/mol. The lowest BCUT2D eigenvalue weighted by molar-refractivity contribution is -0.144. The molecule has 1 atom stereocenters. The fraction of sp³-hybridized carbons (Fsp3) is 0.500. The zero-order chi connectivity index (χ0) is 14.1. The predicted octanol–water partition coefficient (Wildman–Crippen LogP) is 3.83. The van der Waals surface area contributed by atoms with Crippen LogP contribution in [0.5, 0.6) is 0 Å². The number of nitrogens with one attached hydrogen (secondary N) is 1. The van der Waals surface area contributed by atoms with E-state index < -0.39 is 0 Å². The van der Waals surface area contributed by atoms with Gasteiger partial charge in [-0.05, 0) is 49.1 Å². The van der Waals surface area contributed by atoms with Gasteiger partial charge in [0.1, 0.15) is 6.04 Å². The fourth-order valence-corrected chi connectivity index (χ4v) is 2.40. The van der Waals surface area contributed by atoms with E-state index in [-0.39, 0.29) is 12.0 Å². The first-order chi connectivity index (χ1) is 9.17. The van der Waals surface area contributed by atoms with Crippen molar-refractivity contribution in [1.82, 2.24) is 0 Å². The van der Waals surface area contributed by atoms with Crippen molar-refractivity contribution in [2.75, 3.05) is 23.4 Å². The molecule has 0 fully saturated rings. The molecule has 3 nitrogen and oxygen atoms in total. The molecule has 0 heterocycles. The van der Waals surface area contributed by atoms with Crippen LogP contribution in [0.15, 0.2) is 24.3 Å². The van der Waals surface area contributed by atoms with Crippen molar-refractivity contribution in [3.63, 3.8) is 0 Å². The molecule has 1 unspecified atom stereocenters. The Morgan fingerprint density at radius 1 is 1.37 bits per heavy atom. The summed E-state index contributed by atoms with van der Waals surface area (Å²) >= 11 is 7.66. The summed E-state index contributed by atoms with van der Waals surface area (Å²) in [6.45, 7) is 4.33. The fourth-order valence-electron chi connectivity index (χ4n) is 1.58. The van der Waals surface area contributed by atoms with Crippen LogP contribution < -0.4 is 5.32 Å². The van der Waals surface area contributed by atoms with Crippen LogP contribution in [-0.4, -0.2) is 30.1 Å². The summed E-state index contributed by atoms with van der Waals surface area (Å²) in [6.07, 6.45) is 0.750. The molecule has 1 rings (SSSR count). The largest absolute Gasteiger partial charge is 0.464 e. The molecule has 1 aromatic rings. The minimum absolute atomic E-state index is 0.200. The van der Waals surface area contributed by atoms with Gasteiger partial charge in [-0.25, -0.2) is 4.79 Å². The molecule has 0 amide bonds. The Morgan fingerprint density at radius 3 is 2.63 bits per heavy atom. The second-order valence-corrected chi connectivity index (χ2v) is 5.77. The van der Waals surface area contributed by atoms with Crippen molar-refractivity contribution >= 4 is 35.0 Å². The number of rotatable bonds is 8. The highest BCUT2D eigenvalue weighted by Gasteiger charge is 2.19. The summed E-state index contributed by atoms with van der Waals surface area (Å²) in [5.74, 6) is 1.78. The third-order valence-electron chi connectivity index (χ3n) is 2.51. The highest BCUT2D eigenvalue weighted by atomic mass is 35.5. The SMILES string of the molecule is CCOC(=O)C(CCSCC)Nc1ccc(Cl)cc1. The summed E-state index contributed by atoms with van der Waals surface area (Å²) in [5, 5.41) is 3.88. The standard InChI is InChI=1S/C14H20ClNO2S/c1-3-18-14(17)13(9-10-19-4-2)16-12-7-5-11(15)6-8-12/h5-8,13,16H,3-4,9-10H2,1-2H3. The third-order valence-corrected chi connectivity index (χ3v) is 3.70. The van der Waals surface area contributed by atoms with Crippen molar-refractivity contribution < 1.29 is 9.53 Å². The van der Waals surface area contributed by atoms with E-state index >= 15 is 0 Å². The van der Waals surface area contributed by atoms with Crippen LogP contribution in [0.3, 0.4) is 0 Å². The zero-order valence-corrected chi connectivity index (χ0v) is 12.9. The van der Waals surface area contributed by atoms with Crippen LogP contribution in [0.25, 0.3) is 0 Å². The van der Waals surface area contributed by atoms with E-state index in [1.807, 2.05) is 30.8 Å². The van der Waals surface area contributed by atoms with Crippen LogP contribution in [0, 0.1) is 0 Å². The van der Waals surface area contributed by atoms with Crippen LogP contribution in [0.2, 0.25) is 5.02 Å². The Balaban J connectivity index is 2.61. The smallest absolute Gasteiger partial charge is 0.328 e. The van der Waals surface area contributed by atoms with Crippen LogP contribution in [0.1, 0.15) is 20.3 Å². The molecule has 0 saturated heterocycles. The van der Waals surface area contributed by atoms with Gasteiger partial charge in [0, 0.05) is 10.7 Å². The number of ether oxygens (including phenoxy) is 1. The molecule has 19 heavy (non-hydrogen) atoms. The van der Waals surface area contributed by atoms with Gasteiger partial charge in [0.25, 0.3) is 0 Å². The first-order valence-electron chi connectivity index (χ1n) is 6.43. The maximum Gasteiger partial charge on any atom is 0.328 e. The number of esters is 1. The van der Waals surface area contributed by atoms with Crippen LogP contribution >= 0.6 is 23.4 Å². The number of anilines is 1. The molecule has 0 aromatic heterocycles. The van der Waals surface area contributed by atoms with Crippen LogP contribution in [0.4, 0.5) is 5.69 Å². The second kappa shape index (κ2) is 9.10. The molecule has 0 spiro atoms. The highest BCUT2D eigenvalue weighted by Crippen LogP contribution is 2.16. The zero-order valence-electron chi connectivity index (χ0n) is 11.3. The van der Waals surface area contributed by atoms with E-state index in [0.29, 0.717) is 11.6 Å². The maximum absolute atomic E-state index is 11.9. The van der Waals surface area contributed by atoms with Gasteiger partial charge < -0.3 is 10.1 Å². The number of halogens is 1. The minimum Gasteiger partial charge on any atom is -0.464 e. The van der Waals surface area contributed by atoms with E-state index in [0.717, 1.165) is 23.6 Å². The van der Waals surface area contributed by atoms with E-state index in [4.69, 9.17) is 16.3 Å². The van der Waals surface area contributed by atoms with Gasteiger partial charge in [0.05, 0.1) is 6.61 Å². The van der Waals surface area contributed by atoms with E-state index in [1.165, 1.54) is 0 Å². The summed E-state index contributed by atoms with van der Waals surface area (Å²) in [7, 11) is 0. The Hall–Kier alpha value is -0.870. The summed E-state index contributed by atoms with van der Waals surface area (Å²) in [6, 6.07) is 7.02. The molecule has 0 aliphatic carbocycles. The van der Waals surface area contributed by atoms with Gasteiger partial charge >= 0.3 is 5.97 Å². The first kappa shape index (κ1) is 16.2. The minimum atomic E-state index is -0.305. The van der Waals surface area contributed by atoms with Crippen molar-refractivity contribution in [2.45, 2.75) is 26.3 Å². The highest BCUT2D eigenvalue weighted by molar-refractivity contribution is 7.99. The summed E-state index contributed by atoms with van der Waals surface area (Å²) in [4.78, 5) is 11.9. The Bertz CT molecular complexity index is 384. The number of thioether (sulfide) groups is 1. The van der Waals surface area contributed by atoms with Gasteiger partial charge in [-0.2, -0.15) is 11.8 Å². The van der Waals surface area contributed by atoms with Gasteiger partial charge in [-0.3, -0.25) is 0 Å². The molecule has 106 valence electrons. The van der Waals surface area contributed by atoms with Crippen molar-refractivity contribution in [2.24, 2.45) is 0 Å². The second-order valence-electron chi connectivity index (χ2n) is 3.94. The molecule has 0 aliphatic heterocycles. The number of carbonyl (C=O) groups excluding carboxylic acids is 1. The van der Waals surface area contributed by atoms with E-state index in [9.17, 15) is 4.79 Å². The number of benzene rings is 1. The van der Waals surface area contributed by atoms with Crippen molar-refractivity contribution in [3.8, 4) is 0 Å². The topological polar surface area (TPSA) is 38.3 Å². The number of carbonyl (C=O) groups is 1. The average Bonchev–Trinajstić information content (AvgIpc) is 2.40. The molecule has 1 aromatic carbocycles. The molecule has 5 heteroatoms. The predicted molar refractivity (Wildman–Crippen MR) is 83.1 cm³/mol. The Kier molecular flexibility index (Phi) is 7.75. The van der Waals surface area contributed by atoms with Crippen molar-refractivity contribution in [1.29, 1.82) is 0 Å². The average molecular weight is 302 g/mol.